The van der Waals surface area contributed by atoms with Gasteiger partial charge in [-0.3, -0.25) is 14.9 Å². The Balaban J connectivity index is 1.22. The zero-order valence-electron chi connectivity index (χ0n) is 19.6. The molecule has 5 heteroatoms. The molecule has 0 N–H and O–H groups in total. The number of ether oxygens (including phenoxy) is 1. The minimum atomic E-state index is 0.445. The molecule has 0 aliphatic carbocycles. The number of anilines is 2. The van der Waals surface area contributed by atoms with Crippen molar-refractivity contribution in [3.8, 4) is 22.6 Å². The summed E-state index contributed by atoms with van der Waals surface area (Å²) in [6, 6.07) is 27.0. The molecule has 0 saturated carbocycles. The number of aromatic nitrogens is 2. The first-order valence-electron chi connectivity index (χ1n) is 12.6. The number of nitrogens with zero attached hydrogens (tertiary/aromatic N) is 4. The van der Waals surface area contributed by atoms with Crippen LogP contribution in [0.4, 0.5) is 11.4 Å². The fourth-order valence-electron chi connectivity index (χ4n) is 6.29. The molecular weight excluding hydrogens is 432 g/mol. The summed E-state index contributed by atoms with van der Waals surface area (Å²) in [6.45, 7) is 0.952. The predicted molar refractivity (Wildman–Crippen MR) is 138 cm³/mol. The Morgan fingerprint density at radius 1 is 0.743 bits per heavy atom. The topological polar surface area (TPSA) is 41.5 Å². The summed E-state index contributed by atoms with van der Waals surface area (Å²) in [5.41, 5.74) is 5.75. The lowest BCUT2D eigenvalue weighted by Crippen LogP contribution is -2.49. The van der Waals surface area contributed by atoms with Crippen molar-refractivity contribution in [1.82, 2.24) is 14.9 Å². The molecule has 0 amide bonds. The summed E-state index contributed by atoms with van der Waals surface area (Å²) in [5, 5.41) is 0. The van der Waals surface area contributed by atoms with Crippen LogP contribution in [0.1, 0.15) is 31.4 Å². The number of fused-ring (bicyclic) bond motifs is 4. The highest BCUT2D eigenvalue weighted by Gasteiger charge is 2.44. The van der Waals surface area contributed by atoms with Crippen LogP contribution >= 0.6 is 0 Å². The first kappa shape index (κ1) is 20.7. The van der Waals surface area contributed by atoms with E-state index in [4.69, 9.17) is 4.74 Å². The minimum Gasteiger partial charge on any atom is -0.453 e. The smallest absolute Gasteiger partial charge is 0.151 e. The van der Waals surface area contributed by atoms with Crippen LogP contribution in [0.2, 0.25) is 0 Å². The van der Waals surface area contributed by atoms with Crippen LogP contribution in [-0.4, -0.2) is 33.0 Å². The van der Waals surface area contributed by atoms with Gasteiger partial charge in [0.1, 0.15) is 0 Å². The second-order valence-electron chi connectivity index (χ2n) is 9.87. The van der Waals surface area contributed by atoms with Crippen molar-refractivity contribution in [1.29, 1.82) is 0 Å². The molecule has 5 nitrogen and oxygen atoms in total. The van der Waals surface area contributed by atoms with Gasteiger partial charge in [-0.05, 0) is 73.7 Å². The van der Waals surface area contributed by atoms with Gasteiger partial charge in [-0.25, -0.2) is 0 Å². The standard InChI is InChI=1S/C30H28N4O/c1-2-9-29-27(8-1)34(28-13-10-21(16-30(28)35-29)22-6-5-14-31-19-22)26-17-24-11-12-25(18-26)33(24)20-23-7-3-4-15-32-23/h1-10,13-16,19,24-26H,11-12,17-18,20H2/t24-,25+,26?. The average Bonchev–Trinajstić information content (AvgIpc) is 3.14. The Hall–Kier alpha value is -3.70. The molecule has 1 unspecified atom stereocenters. The summed E-state index contributed by atoms with van der Waals surface area (Å²) < 4.78 is 6.45. The van der Waals surface area contributed by atoms with Gasteiger partial charge in [0.2, 0.25) is 0 Å². The molecule has 2 aromatic carbocycles. The van der Waals surface area contributed by atoms with Crippen molar-refractivity contribution in [2.75, 3.05) is 4.90 Å². The maximum absolute atomic E-state index is 6.45. The number of benzene rings is 2. The monoisotopic (exact) mass is 460 g/mol. The highest BCUT2D eigenvalue weighted by atomic mass is 16.5. The van der Waals surface area contributed by atoms with Crippen molar-refractivity contribution in [2.24, 2.45) is 0 Å². The van der Waals surface area contributed by atoms with E-state index in [1.54, 1.807) is 0 Å². The van der Waals surface area contributed by atoms with E-state index in [9.17, 15) is 0 Å². The quantitative estimate of drug-likeness (QED) is 0.344. The van der Waals surface area contributed by atoms with Crippen LogP contribution in [0.3, 0.4) is 0 Å². The summed E-state index contributed by atoms with van der Waals surface area (Å²) in [4.78, 5) is 14.2. The number of hydrogen-bond donors (Lipinski definition) is 0. The summed E-state index contributed by atoms with van der Waals surface area (Å²) in [7, 11) is 0. The molecule has 35 heavy (non-hydrogen) atoms. The fraction of sp³-hybridized carbons (Fsp3) is 0.267. The molecule has 2 bridgehead atoms. The maximum Gasteiger partial charge on any atom is 0.151 e. The largest absolute Gasteiger partial charge is 0.453 e. The summed E-state index contributed by atoms with van der Waals surface area (Å²) in [5.74, 6) is 1.86. The molecule has 3 aliphatic heterocycles. The minimum absolute atomic E-state index is 0.445. The summed E-state index contributed by atoms with van der Waals surface area (Å²) >= 11 is 0. The van der Waals surface area contributed by atoms with E-state index in [-0.39, 0.29) is 0 Å². The van der Waals surface area contributed by atoms with Crippen molar-refractivity contribution in [3.05, 3.63) is 97.1 Å². The normalized spacial score (nSPS) is 22.9. The Kier molecular flexibility index (Phi) is 5.02. The Morgan fingerprint density at radius 3 is 2.37 bits per heavy atom. The number of para-hydroxylation sites is 2. The molecule has 5 heterocycles. The second kappa shape index (κ2) is 8.51. The van der Waals surface area contributed by atoms with Gasteiger partial charge in [0.05, 0.1) is 17.1 Å². The molecular formula is C30H28N4O. The van der Waals surface area contributed by atoms with Gasteiger partial charge in [-0.15, -0.1) is 0 Å². The first-order chi connectivity index (χ1) is 17.3. The molecule has 2 fully saturated rings. The zero-order chi connectivity index (χ0) is 23.2. The maximum atomic E-state index is 6.45. The van der Waals surface area contributed by atoms with E-state index in [2.05, 4.69) is 80.4 Å². The van der Waals surface area contributed by atoms with E-state index in [1.807, 2.05) is 30.7 Å². The molecule has 2 aromatic heterocycles. The van der Waals surface area contributed by atoms with Gasteiger partial charge < -0.3 is 9.64 Å². The first-order valence-corrected chi connectivity index (χ1v) is 12.6. The molecule has 174 valence electrons. The molecule has 3 atom stereocenters. The molecule has 4 aromatic rings. The van der Waals surface area contributed by atoms with E-state index >= 15 is 0 Å². The highest BCUT2D eigenvalue weighted by Crippen LogP contribution is 2.51. The Morgan fingerprint density at radius 2 is 1.57 bits per heavy atom. The molecule has 2 saturated heterocycles. The molecule has 3 aliphatic rings. The third kappa shape index (κ3) is 3.67. The van der Waals surface area contributed by atoms with E-state index < -0.39 is 0 Å². The van der Waals surface area contributed by atoms with Crippen molar-refractivity contribution in [2.45, 2.75) is 50.4 Å². The number of piperidine rings is 1. The number of pyridine rings is 2. The Labute approximate surface area is 206 Å². The zero-order valence-corrected chi connectivity index (χ0v) is 19.6. The second-order valence-corrected chi connectivity index (χ2v) is 9.87. The van der Waals surface area contributed by atoms with E-state index in [0.29, 0.717) is 18.1 Å². The SMILES string of the molecule is c1ccc(CN2[C@@H]3CC[C@H]2CC(N2c4ccccc4Oc4cc(-c5cccnc5)ccc42)C3)nc1. The van der Waals surface area contributed by atoms with Gasteiger partial charge >= 0.3 is 0 Å². The van der Waals surface area contributed by atoms with Crippen LogP contribution in [0, 0.1) is 0 Å². The predicted octanol–water partition coefficient (Wildman–Crippen LogP) is 6.58. The lowest BCUT2D eigenvalue weighted by atomic mass is 9.93. The third-order valence-electron chi connectivity index (χ3n) is 7.85. The van der Waals surface area contributed by atoms with Crippen LogP contribution in [0.25, 0.3) is 11.1 Å². The van der Waals surface area contributed by atoms with Gasteiger partial charge in [0.25, 0.3) is 0 Å². The molecule has 0 spiro atoms. The molecule has 0 radical (unpaired) electrons. The highest BCUT2D eigenvalue weighted by molar-refractivity contribution is 5.81. The van der Waals surface area contributed by atoms with Crippen LogP contribution in [0.15, 0.2) is 91.4 Å². The van der Waals surface area contributed by atoms with E-state index in [1.165, 1.54) is 29.9 Å². The van der Waals surface area contributed by atoms with Gasteiger partial charge in [0, 0.05) is 48.8 Å². The van der Waals surface area contributed by atoms with Crippen LogP contribution < -0.4 is 9.64 Å². The third-order valence-corrected chi connectivity index (χ3v) is 7.85. The van der Waals surface area contributed by atoms with Crippen molar-refractivity contribution < 1.29 is 4.74 Å². The lowest BCUT2D eigenvalue weighted by Gasteiger charge is -2.46. The Bertz CT molecular complexity index is 1330. The van der Waals surface area contributed by atoms with Gasteiger partial charge in [-0.1, -0.05) is 30.3 Å². The number of rotatable bonds is 4. The van der Waals surface area contributed by atoms with Crippen molar-refractivity contribution >= 4 is 11.4 Å². The van der Waals surface area contributed by atoms with Crippen molar-refractivity contribution in [3.63, 3.8) is 0 Å². The fourth-order valence-corrected chi connectivity index (χ4v) is 6.29. The molecule has 7 rings (SSSR count). The lowest BCUT2D eigenvalue weighted by molar-refractivity contribution is 0.118. The summed E-state index contributed by atoms with van der Waals surface area (Å²) in [6.07, 6.45) is 10.5. The van der Waals surface area contributed by atoms with Crippen LogP contribution in [-0.2, 0) is 6.54 Å². The van der Waals surface area contributed by atoms with E-state index in [0.717, 1.165) is 42.0 Å². The average molecular weight is 461 g/mol. The van der Waals surface area contributed by atoms with Gasteiger partial charge in [0.15, 0.2) is 11.5 Å². The number of hydrogen-bond acceptors (Lipinski definition) is 5. The van der Waals surface area contributed by atoms with Gasteiger partial charge in [-0.2, -0.15) is 0 Å². The van der Waals surface area contributed by atoms with Crippen LogP contribution in [0.5, 0.6) is 11.5 Å².